The molecule has 0 amide bonds. The molecule has 1 aliphatic heterocycles. The topological polar surface area (TPSA) is 49.6 Å². The predicted molar refractivity (Wildman–Crippen MR) is 146 cm³/mol. The van der Waals surface area contributed by atoms with Crippen molar-refractivity contribution in [2.75, 3.05) is 0 Å². The molecule has 3 nitrogen and oxygen atoms in total. The zero-order chi connectivity index (χ0) is 24.7. The summed E-state index contributed by atoms with van der Waals surface area (Å²) < 4.78 is 0. The molecule has 1 aliphatic rings. The fourth-order valence-electron chi connectivity index (χ4n) is 4.89. The van der Waals surface area contributed by atoms with E-state index >= 15 is 0 Å². The van der Waals surface area contributed by atoms with Crippen molar-refractivity contribution >= 4 is 11.8 Å². The van der Waals surface area contributed by atoms with Gasteiger partial charge in [-0.2, -0.15) is 5.26 Å². The summed E-state index contributed by atoms with van der Waals surface area (Å²) in [4.78, 5) is 2.42. The van der Waals surface area contributed by atoms with Gasteiger partial charge >= 0.3 is 0 Å². The molecule has 0 atom stereocenters. The number of aromatic nitrogens is 2. The second-order valence-electron chi connectivity index (χ2n) is 9.48. The second kappa shape index (κ2) is 8.78. The van der Waals surface area contributed by atoms with Crippen molar-refractivity contribution < 1.29 is 0 Å². The first-order valence-corrected chi connectivity index (χ1v) is 12.7. The Morgan fingerprint density at radius 2 is 1.28 bits per heavy atom. The molecular formula is C32H23N3S. The Morgan fingerprint density at radius 1 is 0.639 bits per heavy atom. The number of rotatable bonds is 3. The van der Waals surface area contributed by atoms with E-state index in [1.54, 1.807) is 11.8 Å². The van der Waals surface area contributed by atoms with Crippen LogP contribution in [0.5, 0.6) is 0 Å². The highest BCUT2D eigenvalue weighted by Crippen LogP contribution is 2.50. The van der Waals surface area contributed by atoms with Crippen molar-refractivity contribution in [3.63, 3.8) is 0 Å². The number of benzene rings is 4. The van der Waals surface area contributed by atoms with Crippen molar-refractivity contribution in [3.05, 3.63) is 120 Å². The molecule has 5 aromatic rings. The fourth-order valence-corrected chi connectivity index (χ4v) is 6.30. The van der Waals surface area contributed by atoms with Crippen LogP contribution in [-0.2, 0) is 5.41 Å². The van der Waals surface area contributed by atoms with Gasteiger partial charge in [-0.1, -0.05) is 98.4 Å². The first kappa shape index (κ1) is 22.3. The van der Waals surface area contributed by atoms with E-state index in [0.29, 0.717) is 11.3 Å². The van der Waals surface area contributed by atoms with Crippen LogP contribution in [0.25, 0.3) is 33.6 Å². The molecule has 1 aromatic heterocycles. The van der Waals surface area contributed by atoms with E-state index in [0.717, 1.165) is 21.7 Å². The summed E-state index contributed by atoms with van der Waals surface area (Å²) in [5.41, 5.74) is 8.60. The standard InChI is InChI=1S/C32H23N3S/c1-32(2)26-10-6-7-11-30(26)36-31-19-25(24(20-33)18-27(31)32)29-17-16-28(34-35-29)23-14-12-22(13-15-23)21-8-4-3-5-9-21/h3-19H,1-2H3. The van der Waals surface area contributed by atoms with Crippen LogP contribution in [0, 0.1) is 11.3 Å². The maximum Gasteiger partial charge on any atom is 0.0998 e. The fraction of sp³-hybridized carbons (Fsp3) is 0.0938. The quantitative estimate of drug-likeness (QED) is 0.261. The van der Waals surface area contributed by atoms with Gasteiger partial charge in [0.05, 0.1) is 23.0 Å². The lowest BCUT2D eigenvalue weighted by molar-refractivity contribution is 0.607. The SMILES string of the molecule is CC1(C)c2ccccc2Sc2cc(-c3ccc(-c4ccc(-c5ccccc5)cc4)nn3)c(C#N)cc21. The Labute approximate surface area is 215 Å². The zero-order valence-corrected chi connectivity index (χ0v) is 20.9. The normalized spacial score (nSPS) is 13.4. The number of fused-ring (bicyclic) bond motifs is 2. The monoisotopic (exact) mass is 481 g/mol. The summed E-state index contributed by atoms with van der Waals surface area (Å²) in [5.74, 6) is 0. The van der Waals surface area contributed by atoms with Crippen molar-refractivity contribution in [1.29, 1.82) is 5.26 Å². The van der Waals surface area contributed by atoms with Crippen molar-refractivity contribution in [1.82, 2.24) is 10.2 Å². The highest BCUT2D eigenvalue weighted by atomic mass is 32.2. The van der Waals surface area contributed by atoms with Gasteiger partial charge in [0.15, 0.2) is 0 Å². The Bertz CT molecular complexity index is 1610. The van der Waals surface area contributed by atoms with Crippen LogP contribution in [0.15, 0.2) is 113 Å². The van der Waals surface area contributed by atoms with Gasteiger partial charge < -0.3 is 0 Å². The average molecular weight is 482 g/mol. The lowest BCUT2D eigenvalue weighted by Crippen LogP contribution is -2.24. The number of nitrogens with zero attached hydrogens (tertiary/aromatic N) is 3. The minimum atomic E-state index is -0.178. The van der Waals surface area contributed by atoms with E-state index in [1.807, 2.05) is 36.4 Å². The molecule has 36 heavy (non-hydrogen) atoms. The van der Waals surface area contributed by atoms with Gasteiger partial charge in [-0.25, -0.2) is 0 Å². The van der Waals surface area contributed by atoms with Crippen molar-refractivity contribution in [2.24, 2.45) is 0 Å². The third-order valence-corrected chi connectivity index (χ3v) is 8.06. The summed E-state index contributed by atoms with van der Waals surface area (Å²) in [7, 11) is 0. The van der Waals surface area contributed by atoms with Crippen molar-refractivity contribution in [3.8, 4) is 39.7 Å². The van der Waals surface area contributed by atoms with Gasteiger partial charge in [-0.05, 0) is 52.6 Å². The van der Waals surface area contributed by atoms with Crippen LogP contribution >= 0.6 is 11.8 Å². The van der Waals surface area contributed by atoms with E-state index in [4.69, 9.17) is 0 Å². The molecule has 4 heteroatoms. The maximum absolute atomic E-state index is 9.99. The Morgan fingerprint density at radius 3 is 2.00 bits per heavy atom. The summed E-state index contributed by atoms with van der Waals surface area (Å²) in [6.07, 6.45) is 0. The van der Waals surface area contributed by atoms with Gasteiger partial charge in [0.1, 0.15) is 0 Å². The number of hydrogen-bond acceptors (Lipinski definition) is 4. The van der Waals surface area contributed by atoms with E-state index < -0.39 is 0 Å². The molecule has 0 spiro atoms. The van der Waals surface area contributed by atoms with Gasteiger partial charge in [0.25, 0.3) is 0 Å². The predicted octanol–water partition coefficient (Wildman–Crippen LogP) is 8.14. The first-order valence-electron chi connectivity index (χ1n) is 11.9. The molecule has 0 unspecified atom stereocenters. The van der Waals surface area contributed by atoms with Crippen LogP contribution in [0.4, 0.5) is 0 Å². The molecule has 6 rings (SSSR count). The van der Waals surface area contributed by atoms with Gasteiger partial charge in [0.2, 0.25) is 0 Å². The number of nitriles is 1. The Hall–Kier alpha value is -4.20. The Balaban J connectivity index is 1.34. The molecular weight excluding hydrogens is 458 g/mol. The first-order chi connectivity index (χ1) is 17.5. The average Bonchev–Trinajstić information content (AvgIpc) is 2.93. The zero-order valence-electron chi connectivity index (χ0n) is 20.1. The lowest BCUT2D eigenvalue weighted by Gasteiger charge is -2.35. The van der Waals surface area contributed by atoms with Crippen molar-refractivity contribution in [2.45, 2.75) is 29.1 Å². The summed E-state index contributed by atoms with van der Waals surface area (Å²) in [6.45, 7) is 4.45. The van der Waals surface area contributed by atoms with E-state index in [9.17, 15) is 5.26 Å². The molecule has 2 heterocycles. The Kier molecular flexibility index (Phi) is 5.44. The van der Waals surface area contributed by atoms with Crippen LogP contribution in [0.1, 0.15) is 30.5 Å². The molecule has 0 N–H and O–H groups in total. The third-order valence-electron chi connectivity index (χ3n) is 6.92. The molecule has 4 aromatic carbocycles. The molecule has 0 saturated heterocycles. The molecule has 0 fully saturated rings. The van der Waals surface area contributed by atoms with Crippen LogP contribution in [0.2, 0.25) is 0 Å². The maximum atomic E-state index is 9.99. The van der Waals surface area contributed by atoms with Crippen LogP contribution in [0.3, 0.4) is 0 Å². The highest BCUT2D eigenvalue weighted by molar-refractivity contribution is 7.99. The second-order valence-corrected chi connectivity index (χ2v) is 10.6. The smallest absolute Gasteiger partial charge is 0.0998 e. The molecule has 0 saturated carbocycles. The van der Waals surface area contributed by atoms with Gasteiger partial charge in [-0.3, -0.25) is 0 Å². The third kappa shape index (κ3) is 3.79. The largest absolute Gasteiger partial charge is 0.192 e. The minimum absolute atomic E-state index is 0.178. The van der Waals surface area contributed by atoms with E-state index in [2.05, 4.69) is 96.8 Å². The summed E-state index contributed by atoms with van der Waals surface area (Å²) in [5, 5.41) is 19.0. The van der Waals surface area contributed by atoms with Gasteiger partial charge in [-0.15, -0.1) is 10.2 Å². The lowest BCUT2D eigenvalue weighted by atomic mass is 9.76. The molecule has 0 radical (unpaired) electrons. The van der Waals surface area contributed by atoms with Crippen LogP contribution in [-0.4, -0.2) is 10.2 Å². The molecule has 0 aliphatic carbocycles. The van der Waals surface area contributed by atoms with E-state index in [1.165, 1.54) is 27.1 Å². The highest BCUT2D eigenvalue weighted by Gasteiger charge is 2.34. The van der Waals surface area contributed by atoms with Gasteiger partial charge in [0, 0.05) is 26.3 Å². The number of hydrogen-bond donors (Lipinski definition) is 0. The minimum Gasteiger partial charge on any atom is -0.192 e. The van der Waals surface area contributed by atoms with Crippen LogP contribution < -0.4 is 0 Å². The summed E-state index contributed by atoms with van der Waals surface area (Å²) >= 11 is 1.75. The molecule has 0 bridgehead atoms. The summed E-state index contributed by atoms with van der Waals surface area (Å²) in [6, 6.07) is 37.7. The van der Waals surface area contributed by atoms with E-state index in [-0.39, 0.29) is 5.41 Å². The molecule has 172 valence electrons.